The van der Waals surface area contributed by atoms with E-state index >= 15 is 0 Å². The number of pyridine rings is 1. The third kappa shape index (κ3) is 2.08. The summed E-state index contributed by atoms with van der Waals surface area (Å²) < 4.78 is 1.64. The second kappa shape index (κ2) is 5.06. The van der Waals surface area contributed by atoms with Gasteiger partial charge in [-0.3, -0.25) is 4.40 Å². The molecule has 0 fully saturated rings. The van der Waals surface area contributed by atoms with Crippen LogP contribution in [0.15, 0.2) is 47.8 Å². The summed E-state index contributed by atoms with van der Waals surface area (Å²) in [5, 5.41) is 3.69. The highest BCUT2D eigenvalue weighted by Crippen LogP contribution is 2.31. The quantitative estimate of drug-likeness (QED) is 0.659. The molecule has 0 N–H and O–H groups in total. The molecule has 100 valence electrons. The molecule has 0 amide bonds. The van der Waals surface area contributed by atoms with Crippen LogP contribution < -0.4 is 0 Å². The summed E-state index contributed by atoms with van der Waals surface area (Å²) in [5.74, 6) is 0.293. The average molecular weight is 286 g/mol. The maximum Gasteiger partial charge on any atom is 0.209 e. The smallest absolute Gasteiger partial charge is 0.209 e. The van der Waals surface area contributed by atoms with Gasteiger partial charge in [-0.25, -0.2) is 4.98 Å². The van der Waals surface area contributed by atoms with Crippen molar-refractivity contribution in [1.29, 1.82) is 0 Å². The Bertz CT molecular complexity index is 778. The highest BCUT2D eigenvalue weighted by Gasteiger charge is 2.14. The molecule has 5 heteroatoms. The lowest BCUT2D eigenvalue weighted by Gasteiger charge is -2.00. The van der Waals surface area contributed by atoms with Gasteiger partial charge in [0.25, 0.3) is 0 Å². The third-order valence-corrected chi connectivity index (χ3v) is 3.52. The van der Waals surface area contributed by atoms with Crippen LogP contribution in [0.2, 0.25) is 5.02 Å². The number of aryl methyl sites for hydroxylation is 1. The van der Waals surface area contributed by atoms with Gasteiger partial charge in [-0.05, 0) is 23.2 Å². The molecule has 0 saturated heterocycles. The molecular weight excluding hydrogens is 274 g/mol. The van der Waals surface area contributed by atoms with Crippen LogP contribution in [0.25, 0.3) is 16.9 Å². The molecule has 0 saturated carbocycles. The second-order valence-corrected chi connectivity index (χ2v) is 4.94. The summed E-state index contributed by atoms with van der Waals surface area (Å²) in [4.78, 5) is 15.6. The largest absolute Gasteiger partial charge is 0.281 e. The molecule has 3 aromatic rings. The van der Waals surface area contributed by atoms with Crippen molar-refractivity contribution in [2.45, 2.75) is 13.3 Å². The van der Waals surface area contributed by atoms with Crippen molar-refractivity contribution >= 4 is 23.1 Å². The molecule has 0 atom stereocenters. The van der Waals surface area contributed by atoms with Gasteiger partial charge in [-0.1, -0.05) is 42.8 Å². The van der Waals surface area contributed by atoms with E-state index in [1.807, 2.05) is 24.3 Å². The summed E-state index contributed by atoms with van der Waals surface area (Å²) in [6.45, 7) is 2.10. The first-order valence-electron chi connectivity index (χ1n) is 6.33. The Morgan fingerprint density at radius 1 is 1.25 bits per heavy atom. The van der Waals surface area contributed by atoms with E-state index in [-0.39, 0.29) is 0 Å². The van der Waals surface area contributed by atoms with Gasteiger partial charge in [0, 0.05) is 22.8 Å². The Kier molecular flexibility index (Phi) is 3.24. The number of aromatic nitrogens is 2. The van der Waals surface area contributed by atoms with Crippen LogP contribution in [0.5, 0.6) is 0 Å². The molecule has 2 aromatic heterocycles. The maximum atomic E-state index is 11.1. The zero-order valence-corrected chi connectivity index (χ0v) is 11.6. The fourth-order valence-corrected chi connectivity index (χ4v) is 2.34. The summed E-state index contributed by atoms with van der Waals surface area (Å²) in [6.07, 6.45) is 2.67. The van der Waals surface area contributed by atoms with Crippen LogP contribution in [0.1, 0.15) is 12.5 Å². The Morgan fingerprint density at radius 3 is 2.65 bits per heavy atom. The molecular formula is C15H12ClN3O. The fraction of sp³-hybridized carbons (Fsp3) is 0.133. The molecule has 2 heterocycles. The number of hydrogen-bond donors (Lipinski definition) is 0. The van der Waals surface area contributed by atoms with Crippen molar-refractivity contribution in [3.05, 3.63) is 58.1 Å². The minimum Gasteiger partial charge on any atom is -0.281 e. The van der Waals surface area contributed by atoms with Gasteiger partial charge in [0.05, 0.1) is 0 Å². The zero-order valence-electron chi connectivity index (χ0n) is 10.9. The number of imidazole rings is 1. The van der Waals surface area contributed by atoms with E-state index in [2.05, 4.69) is 17.1 Å². The van der Waals surface area contributed by atoms with E-state index in [9.17, 15) is 4.91 Å². The van der Waals surface area contributed by atoms with Gasteiger partial charge in [0.1, 0.15) is 11.3 Å². The molecule has 0 unspecified atom stereocenters. The minimum absolute atomic E-state index is 0.293. The third-order valence-electron chi connectivity index (χ3n) is 3.29. The molecule has 4 nitrogen and oxygen atoms in total. The maximum absolute atomic E-state index is 11.1. The number of nitroso groups, excluding NO2 is 1. The van der Waals surface area contributed by atoms with Crippen molar-refractivity contribution in [3.8, 4) is 11.3 Å². The van der Waals surface area contributed by atoms with E-state index in [4.69, 9.17) is 11.6 Å². The molecule has 0 spiro atoms. The predicted molar refractivity (Wildman–Crippen MR) is 80.5 cm³/mol. The van der Waals surface area contributed by atoms with Crippen molar-refractivity contribution in [1.82, 2.24) is 9.38 Å². The summed E-state index contributed by atoms with van der Waals surface area (Å²) in [7, 11) is 0. The minimum atomic E-state index is 0.293. The van der Waals surface area contributed by atoms with Crippen molar-refractivity contribution in [3.63, 3.8) is 0 Å². The fourth-order valence-electron chi connectivity index (χ4n) is 2.19. The molecule has 0 aliphatic rings. The lowest BCUT2D eigenvalue weighted by Crippen LogP contribution is -1.83. The van der Waals surface area contributed by atoms with E-state index in [0.29, 0.717) is 22.2 Å². The van der Waals surface area contributed by atoms with Gasteiger partial charge in [-0.15, -0.1) is 4.91 Å². The number of hydrogen-bond acceptors (Lipinski definition) is 3. The predicted octanol–water partition coefficient (Wildman–Crippen LogP) is 4.62. The number of nitrogens with zero attached hydrogens (tertiary/aromatic N) is 3. The lowest BCUT2D eigenvalue weighted by molar-refractivity contribution is 1.14. The van der Waals surface area contributed by atoms with Gasteiger partial charge in [0.2, 0.25) is 5.82 Å². The van der Waals surface area contributed by atoms with Gasteiger partial charge >= 0.3 is 0 Å². The van der Waals surface area contributed by atoms with Gasteiger partial charge < -0.3 is 0 Å². The van der Waals surface area contributed by atoms with Gasteiger partial charge in [0.15, 0.2) is 0 Å². The topological polar surface area (TPSA) is 46.7 Å². The number of fused-ring (bicyclic) bond motifs is 1. The van der Waals surface area contributed by atoms with Crippen LogP contribution in [0, 0.1) is 4.91 Å². The average Bonchev–Trinajstić information content (AvgIpc) is 2.84. The van der Waals surface area contributed by atoms with Crippen LogP contribution in [0.4, 0.5) is 5.82 Å². The van der Waals surface area contributed by atoms with Crippen molar-refractivity contribution in [2.24, 2.45) is 5.18 Å². The van der Waals surface area contributed by atoms with E-state index in [0.717, 1.165) is 12.0 Å². The monoisotopic (exact) mass is 285 g/mol. The standard InChI is InChI=1S/C15H12ClN3O/c1-2-10-3-5-11(6-4-10)14-15(18-20)19-8-7-12(16)9-13(19)17-14/h3-9H,2H2,1H3. The Morgan fingerprint density at radius 2 is 2.00 bits per heavy atom. The molecule has 0 aliphatic carbocycles. The Balaban J connectivity index is 2.21. The SMILES string of the molecule is CCc1ccc(-c2nc3cc(Cl)ccn3c2N=O)cc1. The Labute approximate surface area is 121 Å². The first-order chi connectivity index (χ1) is 9.72. The van der Waals surface area contributed by atoms with Crippen LogP contribution in [0.3, 0.4) is 0 Å². The number of rotatable bonds is 3. The van der Waals surface area contributed by atoms with Crippen LogP contribution in [-0.4, -0.2) is 9.38 Å². The highest BCUT2D eigenvalue weighted by molar-refractivity contribution is 6.30. The Hall–Kier alpha value is -2.20. The summed E-state index contributed by atoms with van der Waals surface area (Å²) in [6, 6.07) is 11.4. The molecule has 20 heavy (non-hydrogen) atoms. The zero-order chi connectivity index (χ0) is 14.1. The lowest BCUT2D eigenvalue weighted by atomic mass is 10.1. The summed E-state index contributed by atoms with van der Waals surface area (Å²) in [5.41, 5.74) is 3.30. The molecule has 0 aliphatic heterocycles. The number of benzene rings is 1. The van der Waals surface area contributed by atoms with E-state index in [1.54, 1.807) is 22.7 Å². The first kappa shape index (κ1) is 12.8. The molecule has 0 bridgehead atoms. The van der Waals surface area contributed by atoms with E-state index < -0.39 is 0 Å². The van der Waals surface area contributed by atoms with Crippen molar-refractivity contribution < 1.29 is 0 Å². The molecule has 1 aromatic carbocycles. The van der Waals surface area contributed by atoms with Crippen LogP contribution >= 0.6 is 11.6 Å². The second-order valence-electron chi connectivity index (χ2n) is 4.50. The van der Waals surface area contributed by atoms with E-state index in [1.165, 1.54) is 5.56 Å². The number of halogens is 1. The van der Waals surface area contributed by atoms with Gasteiger partial charge in [-0.2, -0.15) is 0 Å². The summed E-state index contributed by atoms with van der Waals surface area (Å²) >= 11 is 5.95. The molecule has 3 rings (SSSR count). The molecule has 0 radical (unpaired) electrons. The van der Waals surface area contributed by atoms with Crippen LogP contribution in [-0.2, 0) is 6.42 Å². The van der Waals surface area contributed by atoms with Crippen molar-refractivity contribution in [2.75, 3.05) is 0 Å². The normalized spacial score (nSPS) is 10.9. The first-order valence-corrected chi connectivity index (χ1v) is 6.71. The highest BCUT2D eigenvalue weighted by atomic mass is 35.5.